The molecule has 2 rings (SSSR count). The van der Waals surface area contributed by atoms with Gasteiger partial charge >= 0.3 is 0 Å². The van der Waals surface area contributed by atoms with Crippen molar-refractivity contribution in [2.24, 2.45) is 5.14 Å². The van der Waals surface area contributed by atoms with E-state index in [4.69, 9.17) is 9.88 Å². The van der Waals surface area contributed by atoms with Gasteiger partial charge in [-0.3, -0.25) is 0 Å². The molecule has 102 valence electrons. The van der Waals surface area contributed by atoms with Crippen molar-refractivity contribution in [1.29, 1.82) is 0 Å². The van der Waals surface area contributed by atoms with Gasteiger partial charge in [0.2, 0.25) is 10.0 Å². The molecule has 0 atom stereocenters. The normalized spacial score (nSPS) is 11.5. The van der Waals surface area contributed by atoms with Crippen molar-refractivity contribution >= 4 is 10.0 Å². The summed E-state index contributed by atoms with van der Waals surface area (Å²) in [6.07, 6.45) is 5.25. The second-order valence-electron chi connectivity index (χ2n) is 4.12. The highest BCUT2D eigenvalue weighted by atomic mass is 32.2. The van der Waals surface area contributed by atoms with E-state index in [1.54, 1.807) is 31.6 Å². The smallest absolute Gasteiger partial charge is 0.238 e. The number of aryl methyl sites for hydroxylation is 1. The summed E-state index contributed by atoms with van der Waals surface area (Å²) in [5.41, 5.74) is 0.572. The van der Waals surface area contributed by atoms with Crippen LogP contribution in [0.15, 0.2) is 41.8 Å². The Balaban J connectivity index is 2.00. The average molecular weight is 281 g/mol. The van der Waals surface area contributed by atoms with E-state index in [9.17, 15) is 8.42 Å². The number of aromatic nitrogens is 2. The number of imidazole rings is 1. The highest BCUT2D eigenvalue weighted by Crippen LogP contribution is 2.20. The number of hydrogen-bond acceptors (Lipinski definition) is 4. The zero-order valence-corrected chi connectivity index (χ0v) is 11.3. The third-order valence-corrected chi connectivity index (χ3v) is 3.70. The Kier molecular flexibility index (Phi) is 3.87. The van der Waals surface area contributed by atoms with E-state index in [-0.39, 0.29) is 4.90 Å². The first-order valence-electron chi connectivity index (χ1n) is 5.69. The molecule has 0 radical (unpaired) electrons. The van der Waals surface area contributed by atoms with Gasteiger partial charge in [-0.05, 0) is 30.7 Å². The molecule has 0 bridgehead atoms. The molecule has 0 unspecified atom stereocenters. The van der Waals surface area contributed by atoms with E-state index >= 15 is 0 Å². The van der Waals surface area contributed by atoms with Crippen LogP contribution >= 0.6 is 0 Å². The van der Waals surface area contributed by atoms with Crippen LogP contribution < -0.4 is 9.88 Å². The van der Waals surface area contributed by atoms with Crippen molar-refractivity contribution in [2.75, 3.05) is 6.61 Å². The number of sulfonamides is 1. The van der Waals surface area contributed by atoms with Gasteiger partial charge < -0.3 is 9.30 Å². The quantitative estimate of drug-likeness (QED) is 0.882. The number of nitrogens with two attached hydrogens (primary N) is 1. The van der Waals surface area contributed by atoms with E-state index in [1.165, 1.54) is 6.07 Å². The van der Waals surface area contributed by atoms with Crippen LogP contribution in [0.5, 0.6) is 5.75 Å². The number of hydrogen-bond donors (Lipinski definition) is 1. The van der Waals surface area contributed by atoms with Crippen LogP contribution in [-0.4, -0.2) is 24.6 Å². The lowest BCUT2D eigenvalue weighted by Crippen LogP contribution is -2.13. The summed E-state index contributed by atoms with van der Waals surface area (Å²) >= 11 is 0. The van der Waals surface area contributed by atoms with Crippen molar-refractivity contribution < 1.29 is 13.2 Å². The predicted molar refractivity (Wildman–Crippen MR) is 70.3 cm³/mol. The van der Waals surface area contributed by atoms with Crippen LogP contribution in [0, 0.1) is 6.92 Å². The lowest BCUT2D eigenvalue weighted by molar-refractivity contribution is 0.298. The summed E-state index contributed by atoms with van der Waals surface area (Å²) < 4.78 is 30.0. The molecule has 0 fully saturated rings. The van der Waals surface area contributed by atoms with E-state index in [0.717, 1.165) is 0 Å². The average Bonchev–Trinajstić information content (AvgIpc) is 2.80. The lowest BCUT2D eigenvalue weighted by atomic mass is 10.2. The van der Waals surface area contributed by atoms with Crippen LogP contribution in [0.25, 0.3) is 0 Å². The first kappa shape index (κ1) is 13.6. The molecular weight excluding hydrogens is 266 g/mol. The van der Waals surface area contributed by atoms with Gasteiger partial charge in [-0.15, -0.1) is 0 Å². The zero-order valence-electron chi connectivity index (χ0n) is 10.5. The Morgan fingerprint density at radius 2 is 2.21 bits per heavy atom. The molecule has 7 heteroatoms. The fourth-order valence-electron chi connectivity index (χ4n) is 1.72. The van der Waals surface area contributed by atoms with Gasteiger partial charge in [0.1, 0.15) is 12.4 Å². The first-order valence-corrected chi connectivity index (χ1v) is 7.23. The first-order chi connectivity index (χ1) is 8.97. The Labute approximate surface area is 111 Å². The molecule has 1 heterocycles. The summed E-state index contributed by atoms with van der Waals surface area (Å²) in [7, 11) is -3.67. The molecule has 0 aliphatic heterocycles. The molecule has 2 N–H and O–H groups in total. The molecule has 19 heavy (non-hydrogen) atoms. The summed E-state index contributed by atoms with van der Waals surface area (Å²) in [5, 5.41) is 5.09. The zero-order chi connectivity index (χ0) is 13.9. The van der Waals surface area contributed by atoms with Crippen molar-refractivity contribution in [3.63, 3.8) is 0 Å². The molecule has 0 aliphatic rings. The van der Waals surface area contributed by atoms with Crippen molar-refractivity contribution in [3.05, 3.63) is 42.5 Å². The lowest BCUT2D eigenvalue weighted by Gasteiger charge is -2.09. The molecule has 0 saturated heterocycles. The molecule has 0 aliphatic carbocycles. The minimum absolute atomic E-state index is 0.120. The second kappa shape index (κ2) is 5.41. The number of nitrogens with zero attached hydrogens (tertiary/aromatic N) is 2. The van der Waals surface area contributed by atoms with Gasteiger partial charge in [-0.25, -0.2) is 18.5 Å². The molecule has 0 saturated carbocycles. The Morgan fingerprint density at radius 3 is 2.79 bits per heavy atom. The molecule has 0 amide bonds. The van der Waals surface area contributed by atoms with Gasteiger partial charge in [0.15, 0.2) is 0 Å². The van der Waals surface area contributed by atoms with Crippen LogP contribution in [0.2, 0.25) is 0 Å². The van der Waals surface area contributed by atoms with E-state index in [0.29, 0.717) is 24.5 Å². The number of primary sulfonamides is 1. The van der Waals surface area contributed by atoms with Crippen molar-refractivity contribution in [1.82, 2.24) is 9.55 Å². The highest BCUT2D eigenvalue weighted by molar-refractivity contribution is 7.89. The van der Waals surface area contributed by atoms with Crippen molar-refractivity contribution in [2.45, 2.75) is 18.4 Å². The number of benzene rings is 1. The monoisotopic (exact) mass is 281 g/mol. The van der Waals surface area contributed by atoms with Gasteiger partial charge in [-0.2, -0.15) is 0 Å². The summed E-state index contributed by atoms with van der Waals surface area (Å²) in [5.74, 6) is 0.616. The van der Waals surface area contributed by atoms with Crippen LogP contribution in [0.1, 0.15) is 5.56 Å². The Bertz CT molecular complexity index is 651. The summed E-state index contributed by atoms with van der Waals surface area (Å²) in [6.45, 7) is 2.84. The van der Waals surface area contributed by atoms with Gasteiger partial charge in [-0.1, -0.05) is 0 Å². The van der Waals surface area contributed by atoms with Crippen LogP contribution in [0.3, 0.4) is 0 Å². The van der Waals surface area contributed by atoms with Gasteiger partial charge in [0, 0.05) is 12.4 Å². The van der Waals surface area contributed by atoms with Crippen molar-refractivity contribution in [3.8, 4) is 5.75 Å². The van der Waals surface area contributed by atoms with E-state index < -0.39 is 10.0 Å². The summed E-state index contributed by atoms with van der Waals surface area (Å²) in [4.78, 5) is 4.05. The molecule has 0 spiro atoms. The minimum atomic E-state index is -3.67. The number of rotatable bonds is 5. The molecule has 2 aromatic rings. The maximum atomic E-state index is 11.3. The molecule has 6 nitrogen and oxygen atoms in total. The number of ether oxygens (including phenoxy) is 1. The summed E-state index contributed by atoms with van der Waals surface area (Å²) in [6, 6.07) is 4.71. The molecule has 1 aromatic carbocycles. The molecule has 1 aromatic heterocycles. The highest BCUT2D eigenvalue weighted by Gasteiger charge is 2.11. The van der Waals surface area contributed by atoms with Gasteiger partial charge in [0.25, 0.3) is 0 Å². The Morgan fingerprint density at radius 1 is 1.42 bits per heavy atom. The fraction of sp³-hybridized carbons (Fsp3) is 0.250. The third-order valence-electron chi connectivity index (χ3n) is 2.63. The predicted octanol–water partition coefficient (Wildman–Crippen LogP) is 0.918. The third kappa shape index (κ3) is 3.55. The maximum absolute atomic E-state index is 11.3. The van der Waals surface area contributed by atoms with Gasteiger partial charge in [0.05, 0.1) is 17.8 Å². The minimum Gasteiger partial charge on any atom is -0.492 e. The SMILES string of the molecule is Cc1cc(OCCn2ccnc2)ccc1S(N)(=O)=O. The standard InChI is InChI=1S/C12H15N3O3S/c1-10-8-11(2-3-12(10)19(13,16)17)18-7-6-15-5-4-14-9-15/h2-5,8-9H,6-7H2,1H3,(H2,13,16,17). The van der Waals surface area contributed by atoms with Crippen LogP contribution in [-0.2, 0) is 16.6 Å². The second-order valence-corrected chi connectivity index (χ2v) is 5.65. The van der Waals surface area contributed by atoms with E-state index in [1.807, 2.05) is 10.8 Å². The fourth-order valence-corrected chi connectivity index (χ4v) is 2.48. The maximum Gasteiger partial charge on any atom is 0.238 e. The van der Waals surface area contributed by atoms with Crippen LogP contribution in [0.4, 0.5) is 0 Å². The topological polar surface area (TPSA) is 87.2 Å². The largest absolute Gasteiger partial charge is 0.492 e. The van der Waals surface area contributed by atoms with E-state index in [2.05, 4.69) is 4.98 Å². The Hall–Kier alpha value is -1.86. The molecular formula is C12H15N3O3S.